The molecule has 3 unspecified atom stereocenters. The number of hydrogen-bond acceptors (Lipinski definition) is 6. The van der Waals surface area contributed by atoms with E-state index in [2.05, 4.69) is 40.9 Å². The maximum absolute atomic E-state index is 6.26. The van der Waals surface area contributed by atoms with Gasteiger partial charge in [-0.3, -0.25) is 4.90 Å². The predicted octanol–water partition coefficient (Wildman–Crippen LogP) is 4.75. The Morgan fingerprint density at radius 3 is 2.76 bits per heavy atom. The number of benzene rings is 1. The number of methoxy groups -OCH3 is 1. The molecule has 4 heterocycles. The number of halogens is 1. The van der Waals surface area contributed by atoms with E-state index in [1.165, 1.54) is 5.56 Å². The van der Waals surface area contributed by atoms with E-state index in [0.717, 1.165) is 68.0 Å². The van der Waals surface area contributed by atoms with E-state index in [-0.39, 0.29) is 6.23 Å². The van der Waals surface area contributed by atoms with Gasteiger partial charge in [-0.15, -0.1) is 0 Å². The highest BCUT2D eigenvalue weighted by molar-refractivity contribution is 6.30. The summed E-state index contributed by atoms with van der Waals surface area (Å²) in [6, 6.07) is 10.7. The highest BCUT2D eigenvalue weighted by Gasteiger charge is 2.35. The van der Waals surface area contributed by atoms with Gasteiger partial charge in [0.2, 0.25) is 0 Å². The molecule has 3 atom stereocenters. The van der Waals surface area contributed by atoms with Gasteiger partial charge in [-0.25, -0.2) is 9.67 Å². The topological polar surface area (TPSA) is 55.7 Å². The molecule has 0 aliphatic carbocycles. The Morgan fingerprint density at radius 1 is 1.21 bits per heavy atom. The Labute approximate surface area is 200 Å². The second-order valence-corrected chi connectivity index (χ2v) is 9.71. The van der Waals surface area contributed by atoms with Gasteiger partial charge in [0, 0.05) is 44.5 Å². The van der Waals surface area contributed by atoms with Crippen LogP contribution in [0.25, 0.3) is 10.9 Å². The van der Waals surface area contributed by atoms with Gasteiger partial charge in [0.25, 0.3) is 0 Å². The van der Waals surface area contributed by atoms with E-state index in [9.17, 15) is 0 Å². The lowest BCUT2D eigenvalue weighted by Crippen LogP contribution is -2.37. The van der Waals surface area contributed by atoms with Gasteiger partial charge >= 0.3 is 0 Å². The zero-order chi connectivity index (χ0) is 22.9. The van der Waals surface area contributed by atoms with Crippen LogP contribution in [0.5, 0.6) is 5.75 Å². The van der Waals surface area contributed by atoms with Gasteiger partial charge in [-0.1, -0.05) is 30.7 Å². The minimum absolute atomic E-state index is 0.0398. The molecule has 2 saturated heterocycles. The lowest BCUT2D eigenvalue weighted by molar-refractivity contribution is -0.0365. The van der Waals surface area contributed by atoms with Crippen molar-refractivity contribution in [3.8, 4) is 5.75 Å². The molecule has 33 heavy (non-hydrogen) atoms. The highest BCUT2D eigenvalue weighted by Crippen LogP contribution is 2.35. The van der Waals surface area contributed by atoms with Crippen molar-refractivity contribution in [3.05, 3.63) is 47.2 Å². The SMILES string of the molecule is COc1ccc(CN(C)C2CN(c3nn(C4CCCCO4)c4cc(Cl)ncc34)CC2C)cc1. The number of ether oxygens (including phenoxy) is 2. The van der Waals surface area contributed by atoms with Crippen LogP contribution in [0, 0.1) is 5.92 Å². The third-order valence-corrected chi connectivity index (χ3v) is 7.20. The molecule has 2 aliphatic rings. The van der Waals surface area contributed by atoms with Crippen molar-refractivity contribution < 1.29 is 9.47 Å². The van der Waals surface area contributed by atoms with Gasteiger partial charge in [0.05, 0.1) is 18.0 Å². The minimum atomic E-state index is -0.0398. The Hall–Kier alpha value is -2.35. The summed E-state index contributed by atoms with van der Waals surface area (Å²) in [6.07, 6.45) is 5.05. The Kier molecular flexibility index (Phi) is 6.45. The Bertz CT molecular complexity index is 1100. The molecule has 7 nitrogen and oxygen atoms in total. The van der Waals surface area contributed by atoms with Crippen molar-refractivity contribution in [1.82, 2.24) is 19.7 Å². The van der Waals surface area contributed by atoms with Crippen molar-refractivity contribution in [2.75, 3.05) is 38.8 Å². The minimum Gasteiger partial charge on any atom is -0.497 e. The van der Waals surface area contributed by atoms with Crippen LogP contribution in [0.3, 0.4) is 0 Å². The van der Waals surface area contributed by atoms with Crippen molar-refractivity contribution in [1.29, 1.82) is 0 Å². The number of fused-ring (bicyclic) bond motifs is 1. The Morgan fingerprint density at radius 2 is 2.03 bits per heavy atom. The van der Waals surface area contributed by atoms with Crippen LogP contribution in [0.2, 0.25) is 5.15 Å². The maximum Gasteiger partial charge on any atom is 0.160 e. The van der Waals surface area contributed by atoms with Crippen LogP contribution in [0.4, 0.5) is 5.82 Å². The molecule has 8 heteroatoms. The summed E-state index contributed by atoms with van der Waals surface area (Å²) in [4.78, 5) is 9.21. The molecule has 2 fully saturated rings. The van der Waals surface area contributed by atoms with Gasteiger partial charge < -0.3 is 14.4 Å². The summed E-state index contributed by atoms with van der Waals surface area (Å²) in [7, 11) is 3.91. The number of anilines is 1. The molecule has 0 saturated carbocycles. The van der Waals surface area contributed by atoms with Crippen LogP contribution < -0.4 is 9.64 Å². The average Bonchev–Trinajstić information content (AvgIpc) is 3.40. The Balaban J connectivity index is 1.37. The van der Waals surface area contributed by atoms with Crippen LogP contribution in [-0.2, 0) is 11.3 Å². The highest BCUT2D eigenvalue weighted by atomic mass is 35.5. The standard InChI is InChI=1S/C25H32ClN5O2/c1-17-14-30(16-22(17)29(2)15-18-7-9-19(32-3)10-8-18)25-20-13-27-23(26)12-21(20)31(28-25)24-6-4-5-11-33-24/h7-10,12-13,17,22,24H,4-6,11,14-16H2,1-3H3. The van der Waals surface area contributed by atoms with Gasteiger partial charge in [0.1, 0.15) is 10.9 Å². The number of aromatic nitrogens is 3. The van der Waals surface area contributed by atoms with Crippen LogP contribution in [0.1, 0.15) is 38.0 Å². The fourth-order valence-electron chi connectivity index (χ4n) is 5.19. The molecular formula is C25H32ClN5O2. The third-order valence-electron chi connectivity index (χ3n) is 7.00. The molecule has 0 spiro atoms. The molecule has 1 aromatic carbocycles. The molecule has 3 aromatic rings. The second kappa shape index (κ2) is 9.49. The lowest BCUT2D eigenvalue weighted by Gasteiger charge is -2.27. The number of hydrogen-bond donors (Lipinski definition) is 0. The molecular weight excluding hydrogens is 438 g/mol. The summed E-state index contributed by atoms with van der Waals surface area (Å²) in [6.45, 7) is 5.88. The molecule has 0 radical (unpaired) electrons. The summed E-state index contributed by atoms with van der Waals surface area (Å²) in [5, 5.41) is 6.58. The molecule has 0 bridgehead atoms. The molecule has 2 aromatic heterocycles. The number of pyridine rings is 1. The number of likely N-dealkylation sites (N-methyl/N-ethyl adjacent to an activating group) is 1. The van der Waals surface area contributed by atoms with E-state index in [1.54, 1.807) is 7.11 Å². The fraction of sp³-hybridized carbons (Fsp3) is 0.520. The summed E-state index contributed by atoms with van der Waals surface area (Å²) >= 11 is 6.26. The quantitative estimate of drug-likeness (QED) is 0.485. The first-order chi connectivity index (χ1) is 16.0. The maximum atomic E-state index is 6.26. The van der Waals surface area contributed by atoms with Crippen molar-refractivity contribution in [2.24, 2.45) is 5.92 Å². The molecule has 5 rings (SSSR count). The van der Waals surface area contributed by atoms with Crippen molar-refractivity contribution in [2.45, 2.75) is 45.0 Å². The first-order valence-electron chi connectivity index (χ1n) is 11.8. The van der Waals surface area contributed by atoms with Gasteiger partial charge in [0.15, 0.2) is 12.0 Å². The first kappa shape index (κ1) is 22.4. The normalized spacial score (nSPS) is 23.5. The molecule has 0 amide bonds. The van der Waals surface area contributed by atoms with Crippen molar-refractivity contribution >= 4 is 28.3 Å². The zero-order valence-electron chi connectivity index (χ0n) is 19.6. The van der Waals surface area contributed by atoms with E-state index in [1.807, 2.05) is 29.1 Å². The summed E-state index contributed by atoms with van der Waals surface area (Å²) < 4.78 is 13.4. The van der Waals surface area contributed by atoms with E-state index in [0.29, 0.717) is 17.1 Å². The van der Waals surface area contributed by atoms with Crippen LogP contribution in [0.15, 0.2) is 36.5 Å². The van der Waals surface area contributed by atoms with Crippen LogP contribution in [-0.4, -0.2) is 59.6 Å². The third kappa shape index (κ3) is 4.54. The van der Waals surface area contributed by atoms with Crippen LogP contribution >= 0.6 is 11.6 Å². The second-order valence-electron chi connectivity index (χ2n) is 9.33. The molecule has 0 N–H and O–H groups in total. The van der Waals surface area contributed by atoms with Gasteiger partial charge in [-0.05, 0) is 49.9 Å². The summed E-state index contributed by atoms with van der Waals surface area (Å²) in [5.41, 5.74) is 2.28. The largest absolute Gasteiger partial charge is 0.497 e. The predicted molar refractivity (Wildman–Crippen MR) is 131 cm³/mol. The number of rotatable bonds is 6. The fourth-order valence-corrected chi connectivity index (χ4v) is 5.35. The average molecular weight is 470 g/mol. The smallest absolute Gasteiger partial charge is 0.160 e. The van der Waals surface area contributed by atoms with Gasteiger partial charge in [-0.2, -0.15) is 5.10 Å². The summed E-state index contributed by atoms with van der Waals surface area (Å²) in [5.74, 6) is 2.38. The van der Waals surface area contributed by atoms with Crippen molar-refractivity contribution in [3.63, 3.8) is 0 Å². The van der Waals surface area contributed by atoms with E-state index in [4.69, 9.17) is 26.2 Å². The molecule has 2 aliphatic heterocycles. The zero-order valence-corrected chi connectivity index (χ0v) is 20.3. The van der Waals surface area contributed by atoms with E-state index < -0.39 is 0 Å². The lowest BCUT2D eigenvalue weighted by atomic mass is 10.0. The van der Waals surface area contributed by atoms with E-state index >= 15 is 0 Å². The first-order valence-corrected chi connectivity index (χ1v) is 12.1. The molecule has 176 valence electrons. The monoisotopic (exact) mass is 469 g/mol. The number of nitrogens with zero attached hydrogens (tertiary/aromatic N) is 5.